The van der Waals surface area contributed by atoms with E-state index in [4.69, 9.17) is 19.4 Å². The van der Waals surface area contributed by atoms with Gasteiger partial charge in [-0.2, -0.15) is 15.2 Å². The SMILES string of the molecule is CN1C[C@H](F)C[C@H]1COc1nc2c(c(N3CCN(C(=O)OC(C)(C)C)[C@@H](CC#N)C3)n1)NC(=O)c1cccc(Br)c1CCCC2. The van der Waals surface area contributed by atoms with Crippen LogP contribution in [0.4, 0.5) is 20.7 Å². The van der Waals surface area contributed by atoms with Gasteiger partial charge in [0.15, 0.2) is 5.82 Å². The molecule has 3 aliphatic rings. The van der Waals surface area contributed by atoms with Crippen LogP contribution >= 0.6 is 15.9 Å². The van der Waals surface area contributed by atoms with Crippen molar-refractivity contribution in [3.8, 4) is 12.1 Å². The average molecular weight is 687 g/mol. The average Bonchev–Trinajstić information content (AvgIpc) is 3.30. The first-order valence-corrected chi connectivity index (χ1v) is 16.3. The molecule has 3 atom stereocenters. The molecule has 0 unspecified atom stereocenters. The van der Waals surface area contributed by atoms with Crippen LogP contribution in [-0.2, 0) is 17.6 Å². The Bertz CT molecular complexity index is 1460. The number of likely N-dealkylation sites (tertiary alicyclic amines) is 1. The third kappa shape index (κ3) is 7.84. The summed E-state index contributed by atoms with van der Waals surface area (Å²) in [5.41, 5.74) is 1.99. The van der Waals surface area contributed by atoms with Gasteiger partial charge in [-0.05, 0) is 77.6 Å². The van der Waals surface area contributed by atoms with Crippen molar-refractivity contribution in [2.45, 2.75) is 83.2 Å². The molecule has 1 N–H and O–H groups in total. The number of hydrogen-bond donors (Lipinski definition) is 1. The largest absolute Gasteiger partial charge is 0.462 e. The van der Waals surface area contributed by atoms with E-state index in [1.807, 2.05) is 55.8 Å². The van der Waals surface area contributed by atoms with Gasteiger partial charge >= 0.3 is 12.1 Å². The van der Waals surface area contributed by atoms with Crippen LogP contribution in [0, 0.1) is 11.3 Å². The molecule has 45 heavy (non-hydrogen) atoms. The Morgan fingerprint density at radius 1 is 1.18 bits per heavy atom. The summed E-state index contributed by atoms with van der Waals surface area (Å²) in [5.74, 6) is 0.200. The minimum atomic E-state index is -0.903. The zero-order valence-electron chi connectivity index (χ0n) is 26.3. The summed E-state index contributed by atoms with van der Waals surface area (Å²) in [6.07, 6.45) is 2.08. The van der Waals surface area contributed by atoms with Gasteiger partial charge in [-0.3, -0.25) is 9.69 Å². The molecule has 0 saturated carbocycles. The number of likely N-dealkylation sites (N-methyl/N-ethyl adjacent to an activating group) is 1. The van der Waals surface area contributed by atoms with E-state index >= 15 is 0 Å². The van der Waals surface area contributed by atoms with Crippen molar-refractivity contribution < 1.29 is 23.5 Å². The Labute approximate surface area is 272 Å². The molecule has 1 aromatic carbocycles. The molecule has 0 spiro atoms. The van der Waals surface area contributed by atoms with Crippen molar-refractivity contribution in [3.05, 3.63) is 39.5 Å². The molecule has 0 bridgehead atoms. The number of halogens is 2. The molecule has 5 rings (SSSR count). The van der Waals surface area contributed by atoms with Gasteiger partial charge in [-0.1, -0.05) is 22.0 Å². The lowest BCUT2D eigenvalue weighted by molar-refractivity contribution is 0.0144. The number of nitriles is 1. The van der Waals surface area contributed by atoms with Gasteiger partial charge in [0.2, 0.25) is 0 Å². The maximum Gasteiger partial charge on any atom is 0.410 e. The number of piperazine rings is 1. The van der Waals surface area contributed by atoms with Crippen LogP contribution in [-0.4, -0.2) is 95.5 Å². The monoisotopic (exact) mass is 685 g/mol. The molecule has 2 amide bonds. The van der Waals surface area contributed by atoms with Gasteiger partial charge in [-0.25, -0.2) is 9.18 Å². The Kier molecular flexibility index (Phi) is 10.1. The standard InChI is InChI=1S/C32H41BrFN7O4/c1-32(2,3)45-31(43)41-15-14-40(18-21(41)12-13-35)28-27-26(36-30(38-28)44-19-22-16-20(34)17-39(22)4)11-6-5-8-23-24(29(42)37-27)9-7-10-25(23)33/h7,9-10,20-22H,5-6,8,11-12,14-19H2,1-4H3,(H,37,42)/t20-,21+,22+/m1/s1. The summed E-state index contributed by atoms with van der Waals surface area (Å²) in [4.78, 5) is 41.9. The van der Waals surface area contributed by atoms with E-state index in [9.17, 15) is 19.2 Å². The normalized spacial score (nSPS) is 22.6. The Morgan fingerprint density at radius 3 is 2.67 bits per heavy atom. The van der Waals surface area contributed by atoms with Crippen LogP contribution in [0.3, 0.4) is 0 Å². The fraction of sp³-hybridized carbons (Fsp3) is 0.594. The van der Waals surface area contributed by atoms with Crippen LogP contribution in [0.5, 0.6) is 6.01 Å². The van der Waals surface area contributed by atoms with Gasteiger partial charge in [0.1, 0.15) is 24.1 Å². The number of nitrogens with zero attached hydrogens (tertiary/aromatic N) is 6. The first-order valence-electron chi connectivity index (χ1n) is 15.5. The Hall–Kier alpha value is -3.50. The number of benzene rings is 1. The number of alkyl halides is 1. The van der Waals surface area contributed by atoms with Crippen molar-refractivity contribution >= 4 is 39.4 Å². The van der Waals surface area contributed by atoms with Gasteiger partial charge < -0.3 is 24.6 Å². The first kappa shape index (κ1) is 32.9. The van der Waals surface area contributed by atoms with Crippen LogP contribution in [0.1, 0.15) is 68.1 Å². The van der Waals surface area contributed by atoms with E-state index in [2.05, 4.69) is 27.3 Å². The molecule has 2 saturated heterocycles. The number of anilines is 2. The molecule has 1 aromatic heterocycles. The predicted octanol–water partition coefficient (Wildman–Crippen LogP) is 5.13. The molecule has 0 aliphatic carbocycles. The maximum absolute atomic E-state index is 14.0. The van der Waals surface area contributed by atoms with Crippen LogP contribution in [0.15, 0.2) is 22.7 Å². The minimum absolute atomic E-state index is 0.0958. The first-order chi connectivity index (χ1) is 21.4. The van der Waals surface area contributed by atoms with E-state index in [0.717, 1.165) is 29.3 Å². The number of hydrogen-bond acceptors (Lipinski definition) is 9. The quantitative estimate of drug-likeness (QED) is 0.456. The third-order valence-corrected chi connectivity index (χ3v) is 9.16. The molecular formula is C32H41BrFN7O4. The fourth-order valence-electron chi connectivity index (χ4n) is 6.14. The highest BCUT2D eigenvalue weighted by molar-refractivity contribution is 9.10. The molecule has 4 heterocycles. The molecule has 3 aliphatic heterocycles. The van der Waals surface area contributed by atoms with E-state index in [-0.39, 0.29) is 31.0 Å². The topological polar surface area (TPSA) is 124 Å². The number of rotatable bonds is 5. The number of aryl methyl sites for hydroxylation is 1. The lowest BCUT2D eigenvalue weighted by Crippen LogP contribution is -2.56. The molecule has 13 heteroatoms. The summed E-state index contributed by atoms with van der Waals surface area (Å²) in [6.45, 7) is 6.98. The van der Waals surface area contributed by atoms with Gasteiger partial charge in [-0.15, -0.1) is 0 Å². The summed E-state index contributed by atoms with van der Waals surface area (Å²) in [5, 5.41) is 12.8. The number of fused-ring (bicyclic) bond motifs is 2. The van der Waals surface area contributed by atoms with Crippen molar-refractivity contribution in [2.75, 3.05) is 50.1 Å². The van der Waals surface area contributed by atoms with E-state index < -0.39 is 23.9 Å². The van der Waals surface area contributed by atoms with Gasteiger partial charge in [0.05, 0.1) is 24.2 Å². The molecule has 242 valence electrons. The zero-order valence-corrected chi connectivity index (χ0v) is 27.9. The number of nitrogens with one attached hydrogen (secondary N) is 1. The summed E-state index contributed by atoms with van der Waals surface area (Å²) >= 11 is 3.62. The van der Waals surface area contributed by atoms with Crippen molar-refractivity contribution in [1.82, 2.24) is 19.8 Å². The number of ether oxygens (including phenoxy) is 2. The van der Waals surface area contributed by atoms with Gasteiger partial charge in [0.25, 0.3) is 5.91 Å². The molecular weight excluding hydrogens is 645 g/mol. The van der Waals surface area contributed by atoms with Crippen molar-refractivity contribution in [3.63, 3.8) is 0 Å². The third-order valence-electron chi connectivity index (χ3n) is 8.42. The summed E-state index contributed by atoms with van der Waals surface area (Å²) in [7, 11) is 1.87. The lowest BCUT2D eigenvalue weighted by atomic mass is 9.98. The molecule has 0 radical (unpaired) electrons. The Balaban J connectivity index is 1.50. The summed E-state index contributed by atoms with van der Waals surface area (Å²) in [6, 6.07) is 7.38. The van der Waals surface area contributed by atoms with Crippen LogP contribution < -0.4 is 15.0 Å². The fourth-order valence-corrected chi connectivity index (χ4v) is 6.71. The van der Waals surface area contributed by atoms with Crippen molar-refractivity contribution in [1.29, 1.82) is 5.26 Å². The van der Waals surface area contributed by atoms with Crippen LogP contribution in [0.25, 0.3) is 0 Å². The van der Waals surface area contributed by atoms with E-state index in [1.165, 1.54) is 0 Å². The Morgan fingerprint density at radius 2 is 1.96 bits per heavy atom. The maximum atomic E-state index is 14.0. The number of carbonyl (C=O) groups excluding carboxylic acids is 2. The lowest BCUT2D eigenvalue weighted by Gasteiger charge is -2.42. The highest BCUT2D eigenvalue weighted by Gasteiger charge is 2.36. The molecule has 2 aromatic rings. The predicted molar refractivity (Wildman–Crippen MR) is 171 cm³/mol. The second kappa shape index (κ2) is 13.9. The molecule has 11 nitrogen and oxygen atoms in total. The second-order valence-electron chi connectivity index (χ2n) is 13.0. The smallest absolute Gasteiger partial charge is 0.410 e. The second-order valence-corrected chi connectivity index (χ2v) is 13.8. The van der Waals surface area contributed by atoms with Gasteiger partial charge in [0, 0.05) is 42.3 Å². The zero-order chi connectivity index (χ0) is 32.3. The summed E-state index contributed by atoms with van der Waals surface area (Å²) < 4.78 is 26.7. The minimum Gasteiger partial charge on any atom is -0.462 e. The highest BCUT2D eigenvalue weighted by Crippen LogP contribution is 2.35. The number of carbonyl (C=O) groups is 2. The van der Waals surface area contributed by atoms with Crippen molar-refractivity contribution in [2.24, 2.45) is 0 Å². The highest BCUT2D eigenvalue weighted by atomic mass is 79.9. The number of aromatic nitrogens is 2. The van der Waals surface area contributed by atoms with E-state index in [0.29, 0.717) is 61.8 Å². The molecule has 2 fully saturated rings. The van der Waals surface area contributed by atoms with Crippen LogP contribution in [0.2, 0.25) is 0 Å². The van der Waals surface area contributed by atoms with E-state index in [1.54, 1.807) is 4.90 Å². The number of amides is 2.